The minimum absolute atomic E-state index is 0.159. The van der Waals surface area contributed by atoms with Gasteiger partial charge in [0.2, 0.25) is 0 Å². The summed E-state index contributed by atoms with van der Waals surface area (Å²) in [4.78, 5) is 17.9. The number of carbonyl (C=O) groups excluding carboxylic acids is 1. The van der Waals surface area contributed by atoms with E-state index >= 15 is 0 Å². The zero-order valence-corrected chi connectivity index (χ0v) is 14.2. The van der Waals surface area contributed by atoms with E-state index in [-0.39, 0.29) is 11.8 Å². The Hall–Kier alpha value is -1.36. The Balaban J connectivity index is 0.000000956. The maximum absolute atomic E-state index is 11.8. The highest BCUT2D eigenvalue weighted by Gasteiger charge is 2.37. The molecule has 1 heterocycles. The van der Waals surface area contributed by atoms with Crippen molar-refractivity contribution >= 4 is 27.7 Å². The Morgan fingerprint density at radius 3 is 2.60 bits per heavy atom. The van der Waals surface area contributed by atoms with E-state index in [1.807, 2.05) is 45.0 Å². The van der Waals surface area contributed by atoms with Crippen LogP contribution >= 0.6 is 15.9 Å². The highest BCUT2D eigenvalue weighted by Crippen LogP contribution is 2.31. The average Bonchev–Trinajstić information content (AvgIpc) is 2.45. The normalized spacial score (nSPS) is 21.8. The largest absolute Gasteiger partial charge is 0.477 e. The first kappa shape index (κ1) is 16.7. The quantitative estimate of drug-likeness (QED) is 0.787. The van der Waals surface area contributed by atoms with Gasteiger partial charge in [0.1, 0.15) is 5.54 Å². The van der Waals surface area contributed by atoms with Gasteiger partial charge in [-0.1, -0.05) is 41.9 Å². The number of hydrogen-bond acceptors (Lipinski definition) is 3. The minimum atomic E-state index is -0.474. The predicted octanol–water partition coefficient (Wildman–Crippen LogP) is 3.21. The zero-order valence-electron chi connectivity index (χ0n) is 12.6. The highest BCUT2D eigenvalue weighted by atomic mass is 79.9. The molecule has 1 aromatic rings. The smallest absolute Gasteiger partial charge is 0.308 e. The fourth-order valence-corrected chi connectivity index (χ4v) is 2.52. The second-order valence-corrected chi connectivity index (χ2v) is 5.48. The Morgan fingerprint density at radius 2 is 2.05 bits per heavy atom. The summed E-state index contributed by atoms with van der Waals surface area (Å²) in [5.41, 5.74) is 0.573. The first-order valence-corrected chi connectivity index (χ1v) is 7.41. The van der Waals surface area contributed by atoms with Gasteiger partial charge in [0.05, 0.1) is 13.7 Å². The van der Waals surface area contributed by atoms with Gasteiger partial charge in [-0.3, -0.25) is 4.79 Å². The molecule has 0 bridgehead atoms. The minimum Gasteiger partial charge on any atom is -0.477 e. The SMILES string of the molecule is CC.COC1=NC(C)(c2cccc(Br)c2)CN(C)C1=O. The Labute approximate surface area is 129 Å². The molecule has 0 saturated carbocycles. The van der Waals surface area contributed by atoms with Crippen LogP contribution in [0.2, 0.25) is 0 Å². The number of methoxy groups -OCH3 is 1. The number of halogens is 1. The monoisotopic (exact) mass is 340 g/mol. The summed E-state index contributed by atoms with van der Waals surface area (Å²) in [6, 6.07) is 7.94. The summed E-state index contributed by atoms with van der Waals surface area (Å²) >= 11 is 3.45. The molecule has 1 aliphatic rings. The van der Waals surface area contributed by atoms with Crippen molar-refractivity contribution in [2.75, 3.05) is 20.7 Å². The molecule has 0 radical (unpaired) electrons. The highest BCUT2D eigenvalue weighted by molar-refractivity contribution is 9.10. The number of aliphatic imine (C=N–C) groups is 1. The molecule has 0 aromatic heterocycles. The van der Waals surface area contributed by atoms with Gasteiger partial charge in [-0.05, 0) is 24.6 Å². The fourth-order valence-electron chi connectivity index (χ4n) is 2.12. The van der Waals surface area contributed by atoms with E-state index < -0.39 is 5.54 Å². The second-order valence-electron chi connectivity index (χ2n) is 4.57. The summed E-state index contributed by atoms with van der Waals surface area (Å²) < 4.78 is 6.06. The van der Waals surface area contributed by atoms with Crippen molar-refractivity contribution < 1.29 is 9.53 Å². The van der Waals surface area contributed by atoms with E-state index in [4.69, 9.17) is 4.74 Å². The average molecular weight is 341 g/mol. The molecule has 5 heteroatoms. The maximum atomic E-state index is 11.8. The van der Waals surface area contributed by atoms with Crippen LogP contribution in [0.5, 0.6) is 0 Å². The van der Waals surface area contributed by atoms with Crippen LogP contribution in [0.3, 0.4) is 0 Å². The van der Waals surface area contributed by atoms with Crippen molar-refractivity contribution in [1.82, 2.24) is 4.90 Å². The maximum Gasteiger partial charge on any atom is 0.308 e. The molecule has 0 aliphatic carbocycles. The summed E-state index contributed by atoms with van der Waals surface area (Å²) in [5.74, 6) is -0.0174. The number of benzene rings is 1. The van der Waals surface area contributed by atoms with Crippen LogP contribution in [-0.2, 0) is 15.1 Å². The molecule has 0 fully saturated rings. The molecule has 1 aromatic carbocycles. The van der Waals surface area contributed by atoms with E-state index in [2.05, 4.69) is 20.9 Å². The predicted molar refractivity (Wildman–Crippen MR) is 84.9 cm³/mol. The van der Waals surface area contributed by atoms with Crippen molar-refractivity contribution in [3.63, 3.8) is 0 Å². The van der Waals surface area contributed by atoms with Gasteiger partial charge < -0.3 is 9.64 Å². The Kier molecular flexibility index (Phi) is 5.74. The van der Waals surface area contributed by atoms with Crippen molar-refractivity contribution in [1.29, 1.82) is 0 Å². The third kappa shape index (κ3) is 3.39. The van der Waals surface area contributed by atoms with E-state index in [0.29, 0.717) is 6.54 Å². The lowest BCUT2D eigenvalue weighted by atomic mass is 9.91. The van der Waals surface area contributed by atoms with Crippen LogP contribution in [0, 0.1) is 0 Å². The number of rotatable bonds is 1. The van der Waals surface area contributed by atoms with Gasteiger partial charge in [0, 0.05) is 11.5 Å². The van der Waals surface area contributed by atoms with E-state index in [1.54, 1.807) is 11.9 Å². The lowest BCUT2D eigenvalue weighted by Gasteiger charge is -2.35. The van der Waals surface area contributed by atoms with Gasteiger partial charge in [-0.2, -0.15) is 0 Å². The summed E-state index contributed by atoms with van der Waals surface area (Å²) in [6.45, 7) is 6.53. The molecule has 2 rings (SSSR count). The molecule has 1 amide bonds. The number of ether oxygens (including phenoxy) is 1. The zero-order chi connectivity index (χ0) is 15.3. The lowest BCUT2D eigenvalue weighted by molar-refractivity contribution is -0.126. The van der Waals surface area contributed by atoms with E-state index in [0.717, 1.165) is 10.0 Å². The van der Waals surface area contributed by atoms with Crippen molar-refractivity contribution in [2.24, 2.45) is 4.99 Å². The van der Waals surface area contributed by atoms with Crippen LogP contribution in [-0.4, -0.2) is 37.4 Å². The topological polar surface area (TPSA) is 41.9 Å². The summed E-state index contributed by atoms with van der Waals surface area (Å²) in [6.07, 6.45) is 0. The number of hydrogen-bond donors (Lipinski definition) is 0. The molecule has 1 unspecified atom stereocenters. The molecule has 110 valence electrons. The van der Waals surface area contributed by atoms with Crippen LogP contribution in [0.4, 0.5) is 0 Å². The molecule has 0 N–H and O–H groups in total. The van der Waals surface area contributed by atoms with Crippen molar-refractivity contribution in [3.05, 3.63) is 34.3 Å². The molecule has 0 spiro atoms. The van der Waals surface area contributed by atoms with Crippen LogP contribution in [0.25, 0.3) is 0 Å². The van der Waals surface area contributed by atoms with Crippen molar-refractivity contribution in [3.8, 4) is 0 Å². The number of likely N-dealkylation sites (N-methyl/N-ethyl adjacent to an activating group) is 1. The first-order chi connectivity index (χ1) is 9.46. The van der Waals surface area contributed by atoms with E-state index in [9.17, 15) is 4.79 Å². The first-order valence-electron chi connectivity index (χ1n) is 6.61. The number of amides is 1. The summed E-state index contributed by atoms with van der Waals surface area (Å²) in [5, 5.41) is 0. The third-order valence-electron chi connectivity index (χ3n) is 3.06. The van der Waals surface area contributed by atoms with Gasteiger partial charge in [-0.15, -0.1) is 0 Å². The summed E-state index contributed by atoms with van der Waals surface area (Å²) in [7, 11) is 3.23. The third-order valence-corrected chi connectivity index (χ3v) is 3.56. The van der Waals surface area contributed by atoms with Crippen molar-refractivity contribution in [2.45, 2.75) is 26.3 Å². The standard InChI is InChI=1S/C13H15BrN2O2.C2H6/c1-13(9-5-4-6-10(14)7-9)8-16(2)12(17)11(15-13)18-3;1-2/h4-7H,8H2,1-3H3;1-2H3. The van der Waals surface area contributed by atoms with Crippen LogP contribution < -0.4 is 0 Å². The van der Waals surface area contributed by atoms with Crippen LogP contribution in [0.1, 0.15) is 26.3 Å². The number of nitrogens with zero attached hydrogens (tertiary/aromatic N) is 2. The molecule has 1 atom stereocenters. The molecular weight excluding hydrogens is 320 g/mol. The number of carbonyl (C=O) groups is 1. The molecule has 4 nitrogen and oxygen atoms in total. The Bertz CT molecular complexity index is 516. The van der Waals surface area contributed by atoms with E-state index in [1.165, 1.54) is 7.11 Å². The Morgan fingerprint density at radius 1 is 1.40 bits per heavy atom. The van der Waals surface area contributed by atoms with Crippen LogP contribution in [0.15, 0.2) is 33.7 Å². The van der Waals surface area contributed by atoms with Gasteiger partial charge in [-0.25, -0.2) is 4.99 Å². The molecule has 1 aliphatic heterocycles. The molecule has 20 heavy (non-hydrogen) atoms. The fraction of sp³-hybridized carbons (Fsp3) is 0.467. The molecular formula is C15H21BrN2O2. The van der Waals surface area contributed by atoms with Gasteiger partial charge in [0.15, 0.2) is 0 Å². The van der Waals surface area contributed by atoms with Gasteiger partial charge in [0.25, 0.3) is 5.90 Å². The molecule has 0 saturated heterocycles. The van der Waals surface area contributed by atoms with Gasteiger partial charge >= 0.3 is 5.91 Å². The lowest BCUT2D eigenvalue weighted by Crippen LogP contribution is -2.48. The second kappa shape index (κ2) is 6.88.